The van der Waals surface area contributed by atoms with Gasteiger partial charge in [-0.1, -0.05) is 48.9 Å². The molecule has 1 aliphatic heterocycles. The molecule has 0 unspecified atom stereocenters. The van der Waals surface area contributed by atoms with E-state index in [0.29, 0.717) is 0 Å². The quantitative estimate of drug-likeness (QED) is 0.0659. The molecule has 0 radical (unpaired) electrons. The standard InChI is InChI=1S/C32H40FN3O12.2Na/c1-18(37)35-25-26(36-23(39)16-33)29(43)32(31(45)46,47-15-7-3-6-10-24(40)41)48-28(25)27(42)22(38)17-34-30(44)21-13-11-20(12-14-21)19-8-4-2-5-9-19;;/h2,4-5,8-9,11-14,22,25-29,38,42-43H,3,6-7,10,15-17H2,1H3,(H,34,44)(H,35,37)(H,36,39)(H,40,41)(H,45,46);;/q;2*+1/p-2/t22-,25-,26-,27-,28-,29+,32-;;/m1../s1. The van der Waals surface area contributed by atoms with Gasteiger partial charge < -0.3 is 60.5 Å². The molecule has 2 aromatic carbocycles. The second-order valence-electron chi connectivity index (χ2n) is 11.2. The monoisotopic (exact) mass is 721 g/mol. The number of benzene rings is 2. The number of carbonyl (C=O) groups excluding carboxylic acids is 5. The van der Waals surface area contributed by atoms with Crippen LogP contribution in [0.4, 0.5) is 4.39 Å². The summed E-state index contributed by atoms with van der Waals surface area (Å²) in [4.78, 5) is 60.1. The van der Waals surface area contributed by atoms with Crippen LogP contribution in [-0.2, 0) is 28.7 Å². The van der Waals surface area contributed by atoms with Crippen LogP contribution in [0.3, 0.4) is 0 Å². The average molecular weight is 722 g/mol. The van der Waals surface area contributed by atoms with Crippen molar-refractivity contribution in [2.24, 2.45) is 0 Å². The summed E-state index contributed by atoms with van der Waals surface area (Å²) in [6.45, 7) is -1.66. The number of ether oxygens (including phenoxy) is 2. The minimum absolute atomic E-state index is 0. The van der Waals surface area contributed by atoms with Crippen molar-refractivity contribution in [2.75, 3.05) is 19.8 Å². The summed E-state index contributed by atoms with van der Waals surface area (Å²) in [6, 6.07) is 12.3. The fourth-order valence-electron chi connectivity index (χ4n) is 5.27. The van der Waals surface area contributed by atoms with E-state index in [1.807, 2.05) is 30.3 Å². The summed E-state index contributed by atoms with van der Waals surface area (Å²) >= 11 is 0. The first-order valence-electron chi connectivity index (χ1n) is 15.1. The topological polar surface area (TPSA) is 247 Å². The smallest absolute Gasteiger partial charge is 0.550 e. The molecule has 1 fully saturated rings. The van der Waals surface area contributed by atoms with E-state index in [1.165, 1.54) is 0 Å². The molecule has 2 aromatic rings. The first kappa shape index (κ1) is 45.5. The Morgan fingerprint density at radius 3 is 2.10 bits per heavy atom. The molecular weight excluding hydrogens is 683 g/mol. The van der Waals surface area contributed by atoms with E-state index in [0.717, 1.165) is 18.1 Å². The van der Waals surface area contributed by atoms with Crippen LogP contribution in [0, 0.1) is 0 Å². The van der Waals surface area contributed by atoms with Gasteiger partial charge in [-0.2, -0.15) is 0 Å². The third-order valence-corrected chi connectivity index (χ3v) is 7.68. The van der Waals surface area contributed by atoms with Crippen molar-refractivity contribution in [3.63, 3.8) is 0 Å². The van der Waals surface area contributed by atoms with Crippen molar-refractivity contribution in [1.29, 1.82) is 0 Å². The molecule has 1 heterocycles. The van der Waals surface area contributed by atoms with E-state index in [1.54, 1.807) is 24.3 Å². The van der Waals surface area contributed by atoms with Crippen LogP contribution < -0.4 is 85.3 Å². The Morgan fingerprint density at radius 1 is 0.920 bits per heavy atom. The molecular formula is C32H38FN3Na2O12. The molecule has 0 aromatic heterocycles. The molecule has 6 N–H and O–H groups in total. The Labute approximate surface area is 331 Å². The minimum atomic E-state index is -3.13. The Balaban J connectivity index is 0.00000625. The molecule has 262 valence electrons. The molecule has 0 bridgehead atoms. The maximum atomic E-state index is 13.2. The molecule has 0 saturated carbocycles. The van der Waals surface area contributed by atoms with Crippen molar-refractivity contribution >= 4 is 29.7 Å². The zero-order valence-electron chi connectivity index (χ0n) is 28.0. The number of amides is 3. The van der Waals surface area contributed by atoms with E-state index < -0.39 is 91.8 Å². The summed E-state index contributed by atoms with van der Waals surface area (Å²) in [6.07, 6.45) is -8.17. The second-order valence-corrected chi connectivity index (χ2v) is 11.2. The third kappa shape index (κ3) is 12.3. The normalized spacial score (nSPS) is 22.4. The van der Waals surface area contributed by atoms with Crippen molar-refractivity contribution in [3.05, 3.63) is 60.2 Å². The number of rotatable bonds is 17. The van der Waals surface area contributed by atoms with Gasteiger partial charge in [-0.25, -0.2) is 4.39 Å². The maximum absolute atomic E-state index is 13.2. The maximum Gasteiger partial charge on any atom is 1.00 e. The van der Waals surface area contributed by atoms with E-state index >= 15 is 0 Å². The first-order chi connectivity index (χ1) is 22.8. The molecule has 50 heavy (non-hydrogen) atoms. The molecule has 1 saturated heterocycles. The van der Waals surface area contributed by atoms with Gasteiger partial charge in [-0.15, -0.1) is 0 Å². The van der Waals surface area contributed by atoms with E-state index in [2.05, 4.69) is 16.0 Å². The van der Waals surface area contributed by atoms with Gasteiger partial charge in [0, 0.05) is 25.0 Å². The van der Waals surface area contributed by atoms with Gasteiger partial charge in [0.05, 0.1) is 24.8 Å². The number of aliphatic hydroxyl groups is 3. The minimum Gasteiger partial charge on any atom is -0.550 e. The van der Waals surface area contributed by atoms with Crippen LogP contribution in [0.5, 0.6) is 0 Å². The molecule has 18 heteroatoms. The second kappa shape index (κ2) is 21.8. The zero-order chi connectivity index (χ0) is 35.4. The zero-order valence-corrected chi connectivity index (χ0v) is 32.0. The number of carboxylic acids is 2. The number of aliphatic carboxylic acids is 2. The van der Waals surface area contributed by atoms with Gasteiger partial charge in [0.1, 0.15) is 24.3 Å². The van der Waals surface area contributed by atoms with E-state index in [4.69, 9.17) is 9.47 Å². The number of carboxylic acid groups (broad SMARTS) is 2. The van der Waals surface area contributed by atoms with Crippen molar-refractivity contribution in [1.82, 2.24) is 16.0 Å². The number of carbonyl (C=O) groups is 5. The van der Waals surface area contributed by atoms with Gasteiger partial charge in [-0.05, 0) is 42.5 Å². The first-order valence-corrected chi connectivity index (χ1v) is 15.1. The molecule has 3 amide bonds. The van der Waals surface area contributed by atoms with Crippen molar-refractivity contribution < 1.29 is 122 Å². The number of hydrogen-bond acceptors (Lipinski definition) is 12. The van der Waals surface area contributed by atoms with E-state index in [-0.39, 0.29) is 90.4 Å². The van der Waals surface area contributed by atoms with E-state index in [9.17, 15) is 53.9 Å². The van der Waals surface area contributed by atoms with Crippen molar-refractivity contribution in [3.8, 4) is 11.1 Å². The van der Waals surface area contributed by atoms with Gasteiger partial charge in [0.15, 0.2) is 6.67 Å². The van der Waals surface area contributed by atoms with Crippen LogP contribution in [-0.4, -0.2) is 107 Å². The number of aliphatic hydroxyl groups excluding tert-OH is 3. The molecule has 1 aliphatic rings. The molecule has 7 atom stereocenters. The number of halogens is 1. The summed E-state index contributed by atoms with van der Waals surface area (Å²) in [5.74, 6) is -9.37. The molecule has 15 nitrogen and oxygen atoms in total. The number of hydrogen-bond donors (Lipinski definition) is 6. The Morgan fingerprint density at radius 2 is 1.54 bits per heavy atom. The summed E-state index contributed by atoms with van der Waals surface area (Å²) < 4.78 is 24.2. The van der Waals surface area contributed by atoms with Gasteiger partial charge in [-0.3, -0.25) is 14.4 Å². The number of alkyl halides is 1. The van der Waals surface area contributed by atoms with Crippen molar-refractivity contribution in [2.45, 2.75) is 74.9 Å². The third-order valence-electron chi connectivity index (χ3n) is 7.68. The van der Waals surface area contributed by atoms with Crippen LogP contribution in [0.25, 0.3) is 11.1 Å². The Kier molecular flexibility index (Phi) is 19.8. The van der Waals surface area contributed by atoms with Gasteiger partial charge in [0.2, 0.25) is 11.7 Å². The fourth-order valence-corrected chi connectivity index (χ4v) is 5.27. The molecule has 3 rings (SSSR count). The summed E-state index contributed by atoms with van der Waals surface area (Å²) in [5, 5.41) is 63.1. The predicted molar refractivity (Wildman–Crippen MR) is 160 cm³/mol. The average Bonchev–Trinajstić information content (AvgIpc) is 3.07. The number of nitrogens with one attached hydrogen (secondary N) is 3. The van der Waals surface area contributed by atoms with Crippen LogP contribution in [0.1, 0.15) is 43.0 Å². The molecule has 0 aliphatic carbocycles. The van der Waals surface area contributed by atoms with Crippen LogP contribution >= 0.6 is 0 Å². The number of unbranched alkanes of at least 4 members (excludes halogenated alkanes) is 2. The largest absolute Gasteiger partial charge is 1.00 e. The van der Waals surface area contributed by atoms with Gasteiger partial charge in [0.25, 0.3) is 11.8 Å². The van der Waals surface area contributed by atoms with Crippen LogP contribution in [0.2, 0.25) is 0 Å². The SMILES string of the molecule is CC(=O)N[C@@H]1[C@@H](NC(=O)CF)[C@H](O)[C@](OCCCCCC(=O)[O-])(C(=O)[O-])O[C@H]1[C@H](O)[C@H](O)CNC(=O)c1ccc(-c2ccccc2)cc1.[Na+].[Na+]. The Hall–Kier alpha value is -2.48. The summed E-state index contributed by atoms with van der Waals surface area (Å²) in [5.41, 5.74) is 1.97. The van der Waals surface area contributed by atoms with Crippen LogP contribution in [0.15, 0.2) is 54.6 Å². The Bertz CT molecular complexity index is 1420. The predicted octanol–water partition coefficient (Wildman–Crippen LogP) is -8.70. The fraction of sp³-hybridized carbons (Fsp3) is 0.469. The molecule has 0 spiro atoms. The summed E-state index contributed by atoms with van der Waals surface area (Å²) in [7, 11) is 0. The van der Waals surface area contributed by atoms with Gasteiger partial charge >= 0.3 is 59.1 Å².